The minimum absolute atomic E-state index is 0.219. The predicted molar refractivity (Wildman–Crippen MR) is 169 cm³/mol. The van der Waals surface area contributed by atoms with E-state index in [-0.39, 0.29) is 5.54 Å². The molecule has 2 aliphatic heterocycles. The Morgan fingerprint density at radius 1 is 0.707 bits per heavy atom. The highest BCUT2D eigenvalue weighted by Crippen LogP contribution is 2.44. The summed E-state index contributed by atoms with van der Waals surface area (Å²) in [5.74, 6) is 1.62. The molecule has 7 rings (SSSR count). The van der Waals surface area contributed by atoms with Crippen molar-refractivity contribution >= 4 is 17.0 Å². The molecule has 5 heteroatoms. The van der Waals surface area contributed by atoms with E-state index in [0.717, 1.165) is 38.7 Å². The number of nitrogens with zero attached hydrogens (tertiary/aromatic N) is 4. The summed E-state index contributed by atoms with van der Waals surface area (Å²) in [4.78, 5) is 16.8. The monoisotopic (exact) mass is 547 g/mol. The van der Waals surface area contributed by atoms with Gasteiger partial charge in [0.2, 0.25) is 5.95 Å². The van der Waals surface area contributed by atoms with Gasteiger partial charge in [0.15, 0.2) is 0 Å². The summed E-state index contributed by atoms with van der Waals surface area (Å²) in [6.45, 7) is 7.56. The van der Waals surface area contributed by atoms with Gasteiger partial charge in [0.25, 0.3) is 0 Å². The molecule has 1 aromatic heterocycles. The van der Waals surface area contributed by atoms with E-state index in [1.54, 1.807) is 5.56 Å². The van der Waals surface area contributed by atoms with E-state index in [1.807, 2.05) is 0 Å². The van der Waals surface area contributed by atoms with Crippen LogP contribution < -0.4 is 4.90 Å². The zero-order valence-corrected chi connectivity index (χ0v) is 24.5. The Kier molecular flexibility index (Phi) is 7.82. The van der Waals surface area contributed by atoms with E-state index in [0.29, 0.717) is 5.92 Å². The molecule has 3 fully saturated rings. The molecule has 0 spiro atoms. The topological polar surface area (TPSA) is 38.4 Å². The third-order valence-corrected chi connectivity index (χ3v) is 10.2. The maximum atomic E-state index is 5.24. The second-order valence-corrected chi connectivity index (χ2v) is 12.6. The number of nitrogens with one attached hydrogen (secondary N) is 1. The third-order valence-electron chi connectivity index (χ3n) is 10.2. The minimum Gasteiger partial charge on any atom is -0.340 e. The van der Waals surface area contributed by atoms with Crippen molar-refractivity contribution in [3.8, 4) is 0 Å². The van der Waals surface area contributed by atoms with Crippen molar-refractivity contribution in [2.24, 2.45) is 0 Å². The first-order chi connectivity index (χ1) is 20.3. The zero-order valence-electron chi connectivity index (χ0n) is 24.5. The Bertz CT molecular complexity index is 1390. The zero-order chi connectivity index (χ0) is 27.5. The molecular formula is C36H45N5. The second kappa shape index (κ2) is 12.0. The van der Waals surface area contributed by atoms with Crippen LogP contribution in [0.5, 0.6) is 0 Å². The van der Waals surface area contributed by atoms with Crippen molar-refractivity contribution in [2.75, 3.05) is 44.2 Å². The van der Waals surface area contributed by atoms with E-state index >= 15 is 0 Å². The average Bonchev–Trinajstić information content (AvgIpc) is 3.32. The number of para-hydroxylation sites is 1. The Hall–Kier alpha value is -3.15. The van der Waals surface area contributed by atoms with Gasteiger partial charge in [-0.15, -0.1) is 0 Å². The lowest BCUT2D eigenvalue weighted by Crippen LogP contribution is -2.49. The average molecular weight is 548 g/mol. The molecule has 41 heavy (non-hydrogen) atoms. The van der Waals surface area contributed by atoms with Gasteiger partial charge in [0.1, 0.15) is 0 Å². The number of benzene rings is 3. The maximum absolute atomic E-state index is 5.24. The van der Waals surface area contributed by atoms with Gasteiger partial charge in [0, 0.05) is 38.3 Å². The van der Waals surface area contributed by atoms with Crippen molar-refractivity contribution in [3.05, 3.63) is 95.6 Å². The van der Waals surface area contributed by atoms with Gasteiger partial charge >= 0.3 is 0 Å². The molecule has 3 aliphatic rings. The van der Waals surface area contributed by atoms with Crippen LogP contribution in [0.4, 0.5) is 5.95 Å². The first-order valence-electron chi connectivity index (χ1n) is 16.1. The molecule has 0 amide bonds. The van der Waals surface area contributed by atoms with Crippen molar-refractivity contribution in [3.63, 3.8) is 0 Å². The van der Waals surface area contributed by atoms with Gasteiger partial charge in [-0.2, -0.15) is 0 Å². The highest BCUT2D eigenvalue weighted by atomic mass is 15.3. The summed E-state index contributed by atoms with van der Waals surface area (Å²) in [7, 11) is 0. The van der Waals surface area contributed by atoms with Crippen LogP contribution in [0.1, 0.15) is 74.0 Å². The molecular weight excluding hydrogens is 502 g/mol. The summed E-state index contributed by atoms with van der Waals surface area (Å²) < 4.78 is 0. The standard InChI is InChI=1S/C36H45N5/c1-2-10-21-36(20-9-1,31-14-7-4-8-15-31)41-22-18-30(19-23-41)32-16-11-17-33-34(32)38-35(37-33)40-26-24-39(25-27-40)28-29-12-5-3-6-13-29/h3-8,11-17,30H,1-2,9-10,18-28H2,(H,37,38). The molecule has 0 radical (unpaired) electrons. The van der Waals surface area contributed by atoms with Crippen LogP contribution in [-0.4, -0.2) is 59.0 Å². The molecule has 0 unspecified atom stereocenters. The number of H-pyrrole nitrogens is 1. The molecule has 2 saturated heterocycles. The molecule has 0 atom stereocenters. The summed E-state index contributed by atoms with van der Waals surface area (Å²) in [5, 5.41) is 0. The predicted octanol–water partition coefficient (Wildman–Crippen LogP) is 7.31. The van der Waals surface area contributed by atoms with Crippen LogP contribution in [-0.2, 0) is 12.1 Å². The largest absolute Gasteiger partial charge is 0.340 e. The lowest BCUT2D eigenvalue weighted by atomic mass is 9.78. The van der Waals surface area contributed by atoms with Gasteiger partial charge in [-0.25, -0.2) is 4.98 Å². The van der Waals surface area contributed by atoms with E-state index in [4.69, 9.17) is 4.98 Å². The van der Waals surface area contributed by atoms with E-state index in [2.05, 4.69) is 98.5 Å². The highest BCUT2D eigenvalue weighted by molar-refractivity contribution is 5.81. The van der Waals surface area contributed by atoms with Gasteiger partial charge in [-0.05, 0) is 67.4 Å². The maximum Gasteiger partial charge on any atom is 0.203 e. The Balaban J connectivity index is 1.04. The third kappa shape index (κ3) is 5.54. The molecule has 5 nitrogen and oxygen atoms in total. The highest BCUT2D eigenvalue weighted by Gasteiger charge is 2.40. The first-order valence-corrected chi connectivity index (χ1v) is 16.1. The van der Waals surface area contributed by atoms with Crippen LogP contribution >= 0.6 is 0 Å². The smallest absolute Gasteiger partial charge is 0.203 e. The molecule has 3 heterocycles. The number of aromatic nitrogens is 2. The number of piperazine rings is 1. The number of piperidine rings is 1. The fourth-order valence-electron chi connectivity index (χ4n) is 7.95. The quantitative estimate of drug-likeness (QED) is 0.257. The Morgan fingerprint density at radius 3 is 2.10 bits per heavy atom. The number of anilines is 1. The Labute approximate surface area is 245 Å². The molecule has 1 N–H and O–H groups in total. The number of fused-ring (bicyclic) bond motifs is 1. The molecule has 3 aromatic carbocycles. The van der Waals surface area contributed by atoms with Crippen molar-refractivity contribution in [1.82, 2.24) is 19.8 Å². The summed E-state index contributed by atoms with van der Waals surface area (Å²) >= 11 is 0. The Morgan fingerprint density at radius 2 is 1.39 bits per heavy atom. The van der Waals surface area contributed by atoms with Gasteiger partial charge in [0.05, 0.1) is 11.0 Å². The normalized spacial score (nSPS) is 21.2. The van der Waals surface area contributed by atoms with Crippen LogP contribution in [0.3, 0.4) is 0 Å². The summed E-state index contributed by atoms with van der Waals surface area (Å²) in [6, 6.07) is 29.1. The fraction of sp³-hybridized carbons (Fsp3) is 0.472. The van der Waals surface area contributed by atoms with E-state index in [1.165, 1.54) is 86.6 Å². The van der Waals surface area contributed by atoms with Gasteiger partial charge in [-0.3, -0.25) is 9.80 Å². The number of aromatic amines is 1. The van der Waals surface area contributed by atoms with Crippen LogP contribution in [0.25, 0.3) is 11.0 Å². The molecule has 1 saturated carbocycles. The lowest BCUT2D eigenvalue weighted by molar-refractivity contribution is 0.0435. The number of rotatable bonds is 6. The van der Waals surface area contributed by atoms with Crippen molar-refractivity contribution in [1.29, 1.82) is 0 Å². The fourth-order valence-corrected chi connectivity index (χ4v) is 7.95. The number of imidazole rings is 1. The molecule has 1 aliphatic carbocycles. The van der Waals surface area contributed by atoms with Crippen LogP contribution in [0.15, 0.2) is 78.9 Å². The van der Waals surface area contributed by atoms with Crippen LogP contribution in [0, 0.1) is 0 Å². The SMILES string of the molecule is c1ccc(CN2CCN(c3nc4c(C5CCN(C6(c7ccccc7)CCCCCC6)CC5)cccc4[nH]3)CC2)cc1. The van der Waals surface area contributed by atoms with Crippen molar-refractivity contribution < 1.29 is 0 Å². The molecule has 0 bridgehead atoms. The van der Waals surface area contributed by atoms with Crippen molar-refractivity contribution in [2.45, 2.75) is 69.4 Å². The number of hydrogen-bond donors (Lipinski definition) is 1. The van der Waals surface area contributed by atoms with Crippen LogP contribution in [0.2, 0.25) is 0 Å². The van der Waals surface area contributed by atoms with E-state index < -0.39 is 0 Å². The number of hydrogen-bond acceptors (Lipinski definition) is 4. The summed E-state index contributed by atoms with van der Waals surface area (Å²) in [5.41, 5.74) is 6.99. The molecule has 214 valence electrons. The minimum atomic E-state index is 0.219. The second-order valence-electron chi connectivity index (χ2n) is 12.6. The van der Waals surface area contributed by atoms with E-state index in [9.17, 15) is 0 Å². The van der Waals surface area contributed by atoms with Gasteiger partial charge in [-0.1, -0.05) is 98.5 Å². The van der Waals surface area contributed by atoms with Gasteiger partial charge < -0.3 is 9.88 Å². The summed E-state index contributed by atoms with van der Waals surface area (Å²) in [6.07, 6.45) is 10.5. The number of likely N-dealkylation sites (tertiary alicyclic amines) is 1. The molecule has 4 aromatic rings. The lowest BCUT2D eigenvalue weighted by Gasteiger charge is -2.48. The first kappa shape index (κ1) is 26.7.